The van der Waals surface area contributed by atoms with Crippen LogP contribution in [0.2, 0.25) is 0 Å². The van der Waals surface area contributed by atoms with E-state index in [0.717, 1.165) is 6.07 Å². The first-order valence-corrected chi connectivity index (χ1v) is 10.8. The van der Waals surface area contributed by atoms with Gasteiger partial charge in [0.2, 0.25) is 6.79 Å². The van der Waals surface area contributed by atoms with E-state index in [0.29, 0.717) is 28.5 Å². The van der Waals surface area contributed by atoms with Gasteiger partial charge in [0, 0.05) is 11.6 Å². The first kappa shape index (κ1) is 24.2. The summed E-state index contributed by atoms with van der Waals surface area (Å²) >= 11 is 0. The van der Waals surface area contributed by atoms with Crippen LogP contribution in [-0.4, -0.2) is 41.4 Å². The van der Waals surface area contributed by atoms with E-state index in [-0.39, 0.29) is 25.6 Å². The number of carbonyl (C=O) groups excluding carboxylic acids is 1. The fourth-order valence-corrected chi connectivity index (χ4v) is 3.30. The number of nitrogens with one attached hydrogen (secondary N) is 1. The molecule has 4 rings (SSSR count). The maximum absolute atomic E-state index is 13.4. The molecule has 2 aromatic carbocycles. The Kier molecular flexibility index (Phi) is 6.51. The molecule has 0 saturated carbocycles. The van der Waals surface area contributed by atoms with E-state index in [1.807, 2.05) is 0 Å². The molecule has 2 heterocycles. The molecule has 1 amide bonds. The molecule has 11 heteroatoms. The van der Waals surface area contributed by atoms with Crippen LogP contribution in [0.25, 0.3) is 16.9 Å². The quantitative estimate of drug-likeness (QED) is 0.478. The van der Waals surface area contributed by atoms with Crippen LogP contribution in [0.4, 0.5) is 18.0 Å². The fourth-order valence-electron chi connectivity index (χ4n) is 3.30. The van der Waals surface area contributed by atoms with Gasteiger partial charge in [0.05, 0.1) is 17.9 Å². The van der Waals surface area contributed by atoms with Gasteiger partial charge < -0.3 is 24.3 Å². The van der Waals surface area contributed by atoms with E-state index in [4.69, 9.17) is 18.9 Å². The summed E-state index contributed by atoms with van der Waals surface area (Å²) in [5.41, 5.74) is -0.467. The molecule has 0 fully saturated rings. The fraction of sp³-hybridized carbons (Fsp3) is 0.333. The van der Waals surface area contributed by atoms with Gasteiger partial charge in [-0.2, -0.15) is 18.3 Å². The van der Waals surface area contributed by atoms with Crippen LogP contribution < -0.4 is 19.5 Å². The molecule has 8 nitrogen and oxygen atoms in total. The summed E-state index contributed by atoms with van der Waals surface area (Å²) in [7, 11) is 0. The number of halogens is 3. The summed E-state index contributed by atoms with van der Waals surface area (Å²) in [4.78, 5) is 11.7. The number of hydrogen-bond acceptors (Lipinski definition) is 6. The maximum atomic E-state index is 13.4. The lowest BCUT2D eigenvalue weighted by Gasteiger charge is -2.19. The van der Waals surface area contributed by atoms with Crippen molar-refractivity contribution in [2.75, 3.05) is 19.9 Å². The van der Waals surface area contributed by atoms with Gasteiger partial charge >= 0.3 is 12.3 Å². The van der Waals surface area contributed by atoms with Crippen LogP contribution in [0.3, 0.4) is 0 Å². The van der Waals surface area contributed by atoms with Crippen LogP contribution in [0, 0.1) is 0 Å². The Balaban J connectivity index is 1.49. The van der Waals surface area contributed by atoms with Crippen molar-refractivity contribution in [2.24, 2.45) is 0 Å². The van der Waals surface area contributed by atoms with Crippen molar-refractivity contribution >= 4 is 6.09 Å². The number of aromatic nitrogens is 2. The number of fused-ring (bicyclic) bond motifs is 1. The molecule has 0 unspecified atom stereocenters. The van der Waals surface area contributed by atoms with Crippen molar-refractivity contribution in [3.05, 3.63) is 54.2 Å². The van der Waals surface area contributed by atoms with Crippen molar-refractivity contribution in [2.45, 2.75) is 32.5 Å². The minimum atomic E-state index is -4.61. The molecule has 1 N–H and O–H groups in total. The lowest BCUT2D eigenvalue weighted by atomic mass is 10.1. The van der Waals surface area contributed by atoms with Crippen LogP contribution in [0.5, 0.6) is 17.2 Å². The molecule has 0 radical (unpaired) electrons. The van der Waals surface area contributed by atoms with Crippen molar-refractivity contribution in [1.82, 2.24) is 15.1 Å². The number of carbonyl (C=O) groups is 1. The average molecular weight is 491 g/mol. The minimum Gasteiger partial charge on any atom is -0.492 e. The largest absolute Gasteiger partial charge is 0.492 e. The van der Waals surface area contributed by atoms with Crippen molar-refractivity contribution < 1.29 is 36.9 Å². The number of nitrogens with zero attached hydrogens (tertiary/aromatic N) is 2. The number of ether oxygens (including phenoxy) is 4. The highest BCUT2D eigenvalue weighted by atomic mass is 19.4. The molecule has 0 bridgehead atoms. The van der Waals surface area contributed by atoms with E-state index in [2.05, 4.69) is 10.4 Å². The van der Waals surface area contributed by atoms with Crippen LogP contribution in [-0.2, 0) is 10.9 Å². The zero-order valence-electron chi connectivity index (χ0n) is 19.3. The molecule has 1 aliphatic rings. The zero-order valence-corrected chi connectivity index (χ0v) is 19.3. The summed E-state index contributed by atoms with van der Waals surface area (Å²) in [5.74, 6) is 1.44. The third-order valence-electron chi connectivity index (χ3n) is 4.79. The second-order valence-electron chi connectivity index (χ2n) is 8.66. The lowest BCUT2D eigenvalue weighted by Crippen LogP contribution is -2.34. The van der Waals surface area contributed by atoms with E-state index < -0.39 is 23.6 Å². The smallest absolute Gasteiger partial charge is 0.435 e. The third-order valence-corrected chi connectivity index (χ3v) is 4.79. The Morgan fingerprint density at radius 3 is 2.46 bits per heavy atom. The normalized spacial score (nSPS) is 13.0. The number of rotatable bonds is 6. The molecule has 3 aromatic rings. The van der Waals surface area contributed by atoms with Gasteiger partial charge in [-0.3, -0.25) is 0 Å². The topological polar surface area (TPSA) is 83.8 Å². The van der Waals surface area contributed by atoms with Crippen molar-refractivity contribution in [1.29, 1.82) is 0 Å². The van der Waals surface area contributed by atoms with Crippen LogP contribution in [0.1, 0.15) is 26.5 Å². The zero-order chi connectivity index (χ0) is 25.2. The molecule has 1 aliphatic heterocycles. The third kappa shape index (κ3) is 5.97. The Bertz CT molecular complexity index is 1200. The molecule has 1 aromatic heterocycles. The van der Waals surface area contributed by atoms with Crippen LogP contribution in [0.15, 0.2) is 48.5 Å². The molecule has 0 spiro atoms. The van der Waals surface area contributed by atoms with Crippen LogP contribution >= 0.6 is 0 Å². The van der Waals surface area contributed by atoms with E-state index in [9.17, 15) is 18.0 Å². The monoisotopic (exact) mass is 491 g/mol. The Hall–Kier alpha value is -3.89. The van der Waals surface area contributed by atoms with E-state index >= 15 is 0 Å². The number of amides is 1. The highest BCUT2D eigenvalue weighted by Crippen LogP contribution is 2.37. The standard InChI is InChI=1S/C24H24F3N3O5/c1-23(2,3)35-22(31)28-10-11-32-17-7-4-15(5-8-17)18-13-21(24(25,26)27)29-30(18)16-6-9-19-20(12-16)34-14-33-19/h4-9,12-13H,10-11,14H2,1-3H3,(H,28,31). The Morgan fingerprint density at radius 1 is 1.06 bits per heavy atom. The Labute approximate surface area is 199 Å². The maximum Gasteiger partial charge on any atom is 0.435 e. The van der Waals surface area contributed by atoms with Crippen molar-refractivity contribution in [3.63, 3.8) is 0 Å². The van der Waals surface area contributed by atoms with Gasteiger partial charge in [-0.05, 0) is 63.2 Å². The number of alkyl halides is 3. The first-order chi connectivity index (χ1) is 16.5. The summed E-state index contributed by atoms with van der Waals surface area (Å²) in [6.45, 7) is 5.75. The second kappa shape index (κ2) is 9.40. The van der Waals surface area contributed by atoms with Gasteiger partial charge in [0.25, 0.3) is 0 Å². The lowest BCUT2D eigenvalue weighted by molar-refractivity contribution is -0.141. The van der Waals surface area contributed by atoms with E-state index in [1.165, 1.54) is 4.68 Å². The predicted octanol–water partition coefficient (Wildman–Crippen LogP) is 5.19. The summed E-state index contributed by atoms with van der Waals surface area (Å²) in [5, 5.41) is 6.37. The number of hydrogen-bond donors (Lipinski definition) is 1. The molecule has 0 saturated heterocycles. The molecule has 35 heavy (non-hydrogen) atoms. The van der Waals surface area contributed by atoms with Gasteiger partial charge in [0.15, 0.2) is 17.2 Å². The van der Waals surface area contributed by atoms with Gasteiger partial charge in [-0.15, -0.1) is 0 Å². The van der Waals surface area contributed by atoms with E-state index in [1.54, 1.807) is 63.2 Å². The Morgan fingerprint density at radius 2 is 1.77 bits per heavy atom. The summed E-state index contributed by atoms with van der Waals surface area (Å²) in [6, 6.07) is 12.3. The minimum absolute atomic E-state index is 0.0489. The predicted molar refractivity (Wildman–Crippen MR) is 120 cm³/mol. The molecular weight excluding hydrogens is 467 g/mol. The highest BCUT2D eigenvalue weighted by molar-refractivity contribution is 5.67. The SMILES string of the molecule is CC(C)(C)OC(=O)NCCOc1ccc(-c2cc(C(F)(F)F)nn2-c2ccc3c(c2)OCO3)cc1. The first-order valence-electron chi connectivity index (χ1n) is 10.8. The van der Waals surface area contributed by atoms with Gasteiger partial charge in [-0.1, -0.05) is 0 Å². The van der Waals surface area contributed by atoms with Crippen molar-refractivity contribution in [3.8, 4) is 34.2 Å². The molecule has 186 valence electrons. The molecule has 0 atom stereocenters. The highest BCUT2D eigenvalue weighted by Gasteiger charge is 2.35. The molecule has 0 aliphatic carbocycles. The molecular formula is C24H24F3N3O5. The second-order valence-corrected chi connectivity index (χ2v) is 8.66. The van der Waals surface area contributed by atoms with Gasteiger partial charge in [-0.25, -0.2) is 9.48 Å². The average Bonchev–Trinajstić information content (AvgIpc) is 3.42. The number of alkyl carbamates (subject to hydrolysis) is 1. The number of benzene rings is 2. The van der Waals surface area contributed by atoms with Gasteiger partial charge in [0.1, 0.15) is 18.0 Å². The summed E-state index contributed by atoms with van der Waals surface area (Å²) < 4.78 is 62.9. The summed E-state index contributed by atoms with van der Waals surface area (Å²) in [6.07, 6.45) is -5.16.